The summed E-state index contributed by atoms with van der Waals surface area (Å²) in [5, 5.41) is 3.60. The first-order valence-electron chi connectivity index (χ1n) is 6.37. The van der Waals surface area contributed by atoms with Crippen LogP contribution in [-0.4, -0.2) is 36.5 Å². The van der Waals surface area contributed by atoms with Gasteiger partial charge in [0, 0.05) is 26.1 Å². The molecule has 0 aromatic heterocycles. The molecule has 3 heteroatoms. The fraction of sp³-hybridized carbons (Fsp3) is 0.923. The smallest absolute Gasteiger partial charge is 0.219 e. The quantitative estimate of drug-likeness (QED) is 0.798. The van der Waals surface area contributed by atoms with Gasteiger partial charge in [-0.3, -0.25) is 4.79 Å². The highest BCUT2D eigenvalue weighted by atomic mass is 16.2. The van der Waals surface area contributed by atoms with Crippen molar-refractivity contribution in [1.29, 1.82) is 0 Å². The summed E-state index contributed by atoms with van der Waals surface area (Å²) >= 11 is 0. The van der Waals surface area contributed by atoms with Crippen molar-refractivity contribution in [2.45, 2.75) is 53.0 Å². The first-order chi connectivity index (χ1) is 7.38. The van der Waals surface area contributed by atoms with E-state index >= 15 is 0 Å². The lowest BCUT2D eigenvalue weighted by atomic mass is 9.92. The third-order valence-electron chi connectivity index (χ3n) is 3.25. The number of piperidine rings is 1. The van der Waals surface area contributed by atoms with E-state index in [4.69, 9.17) is 0 Å². The van der Waals surface area contributed by atoms with Crippen LogP contribution in [0.15, 0.2) is 0 Å². The van der Waals surface area contributed by atoms with Crippen LogP contribution in [0.2, 0.25) is 0 Å². The standard InChI is InChI=1S/C13H26N2O/c1-11(16)15-9-5-12(6-10-15)14-8-7-13(2,3)4/h12,14H,5-10H2,1-4H3. The van der Waals surface area contributed by atoms with Gasteiger partial charge in [0.05, 0.1) is 0 Å². The fourth-order valence-corrected chi connectivity index (χ4v) is 2.05. The maximum Gasteiger partial charge on any atom is 0.219 e. The minimum absolute atomic E-state index is 0.216. The van der Waals surface area contributed by atoms with Gasteiger partial charge >= 0.3 is 0 Å². The average molecular weight is 226 g/mol. The number of rotatable bonds is 3. The number of likely N-dealkylation sites (tertiary alicyclic amines) is 1. The Morgan fingerprint density at radius 1 is 1.31 bits per heavy atom. The number of amides is 1. The van der Waals surface area contributed by atoms with Gasteiger partial charge < -0.3 is 10.2 Å². The van der Waals surface area contributed by atoms with Gasteiger partial charge in [-0.15, -0.1) is 0 Å². The molecule has 0 aromatic rings. The SMILES string of the molecule is CC(=O)N1CCC(NCCC(C)(C)C)CC1. The molecule has 1 saturated heterocycles. The Morgan fingerprint density at radius 2 is 1.88 bits per heavy atom. The largest absolute Gasteiger partial charge is 0.343 e. The number of hydrogen-bond acceptors (Lipinski definition) is 2. The van der Waals surface area contributed by atoms with Crippen molar-refractivity contribution in [3.8, 4) is 0 Å². The Balaban J connectivity index is 2.15. The Morgan fingerprint density at radius 3 is 2.31 bits per heavy atom. The normalized spacial score (nSPS) is 18.9. The molecule has 0 aliphatic carbocycles. The Kier molecular flexibility index (Phi) is 4.78. The van der Waals surface area contributed by atoms with E-state index in [9.17, 15) is 4.79 Å². The third-order valence-corrected chi connectivity index (χ3v) is 3.25. The zero-order chi connectivity index (χ0) is 12.2. The lowest BCUT2D eigenvalue weighted by molar-refractivity contribution is -0.129. The third kappa shape index (κ3) is 4.97. The van der Waals surface area contributed by atoms with Gasteiger partial charge in [0.15, 0.2) is 0 Å². The summed E-state index contributed by atoms with van der Waals surface area (Å²) in [6.45, 7) is 11.4. The lowest BCUT2D eigenvalue weighted by Crippen LogP contribution is -2.44. The van der Waals surface area contributed by atoms with Crippen molar-refractivity contribution >= 4 is 5.91 Å². The summed E-state index contributed by atoms with van der Waals surface area (Å²) < 4.78 is 0. The van der Waals surface area contributed by atoms with Crippen molar-refractivity contribution < 1.29 is 4.79 Å². The van der Waals surface area contributed by atoms with E-state index in [0.717, 1.165) is 32.5 Å². The van der Waals surface area contributed by atoms with Gasteiger partial charge in [0.1, 0.15) is 0 Å². The van der Waals surface area contributed by atoms with Crippen molar-refractivity contribution in [3.63, 3.8) is 0 Å². The fourth-order valence-electron chi connectivity index (χ4n) is 2.05. The van der Waals surface area contributed by atoms with Crippen LogP contribution in [0, 0.1) is 5.41 Å². The highest BCUT2D eigenvalue weighted by molar-refractivity contribution is 5.73. The molecule has 1 heterocycles. The van der Waals surface area contributed by atoms with Gasteiger partial charge in [-0.1, -0.05) is 20.8 Å². The molecule has 3 nitrogen and oxygen atoms in total. The first kappa shape index (κ1) is 13.5. The predicted molar refractivity (Wildman–Crippen MR) is 67.4 cm³/mol. The second kappa shape index (κ2) is 5.67. The molecule has 0 radical (unpaired) electrons. The zero-order valence-electron chi connectivity index (χ0n) is 11.2. The molecular formula is C13H26N2O. The molecule has 0 atom stereocenters. The summed E-state index contributed by atoms with van der Waals surface area (Å²) in [4.78, 5) is 13.1. The molecular weight excluding hydrogens is 200 g/mol. The zero-order valence-corrected chi connectivity index (χ0v) is 11.2. The molecule has 94 valence electrons. The summed E-state index contributed by atoms with van der Waals surface area (Å²) in [6.07, 6.45) is 3.41. The molecule has 1 amide bonds. The molecule has 0 aromatic carbocycles. The molecule has 1 rings (SSSR count). The van der Waals surface area contributed by atoms with Crippen molar-refractivity contribution in [3.05, 3.63) is 0 Å². The van der Waals surface area contributed by atoms with E-state index in [-0.39, 0.29) is 5.91 Å². The molecule has 1 fully saturated rings. The van der Waals surface area contributed by atoms with Crippen molar-refractivity contribution in [2.75, 3.05) is 19.6 Å². The van der Waals surface area contributed by atoms with E-state index < -0.39 is 0 Å². The van der Waals surface area contributed by atoms with Crippen LogP contribution >= 0.6 is 0 Å². The maximum absolute atomic E-state index is 11.2. The number of carbonyl (C=O) groups is 1. The number of carbonyl (C=O) groups excluding carboxylic acids is 1. The summed E-state index contributed by atoms with van der Waals surface area (Å²) in [5.74, 6) is 0.216. The number of hydrogen-bond donors (Lipinski definition) is 1. The lowest BCUT2D eigenvalue weighted by Gasteiger charge is -2.32. The van der Waals surface area contributed by atoms with Gasteiger partial charge in [-0.25, -0.2) is 0 Å². The van der Waals surface area contributed by atoms with Crippen molar-refractivity contribution in [1.82, 2.24) is 10.2 Å². The van der Waals surface area contributed by atoms with Crippen LogP contribution in [0.25, 0.3) is 0 Å². The topological polar surface area (TPSA) is 32.3 Å². The number of nitrogens with zero attached hydrogens (tertiary/aromatic N) is 1. The highest BCUT2D eigenvalue weighted by Crippen LogP contribution is 2.18. The molecule has 0 spiro atoms. The van der Waals surface area contributed by atoms with Crippen LogP contribution < -0.4 is 5.32 Å². The Bertz CT molecular complexity index is 225. The van der Waals surface area contributed by atoms with E-state index in [2.05, 4.69) is 26.1 Å². The molecule has 0 saturated carbocycles. The maximum atomic E-state index is 11.2. The summed E-state index contributed by atoms with van der Waals surface area (Å²) in [6, 6.07) is 0.609. The van der Waals surface area contributed by atoms with E-state index in [1.807, 2.05) is 4.90 Å². The predicted octanol–water partition coefficient (Wildman–Crippen LogP) is 2.02. The van der Waals surface area contributed by atoms with Crippen LogP contribution in [0.1, 0.15) is 47.0 Å². The molecule has 16 heavy (non-hydrogen) atoms. The summed E-state index contributed by atoms with van der Waals surface area (Å²) in [5.41, 5.74) is 0.410. The van der Waals surface area contributed by atoms with Gasteiger partial charge in [-0.2, -0.15) is 0 Å². The van der Waals surface area contributed by atoms with E-state index in [0.29, 0.717) is 11.5 Å². The van der Waals surface area contributed by atoms with Crippen LogP contribution in [0.4, 0.5) is 0 Å². The molecule has 0 bridgehead atoms. The molecule has 0 unspecified atom stereocenters. The van der Waals surface area contributed by atoms with Crippen LogP contribution in [0.3, 0.4) is 0 Å². The second-order valence-corrected chi connectivity index (χ2v) is 6.05. The minimum atomic E-state index is 0.216. The van der Waals surface area contributed by atoms with Gasteiger partial charge in [0.25, 0.3) is 0 Å². The molecule has 1 N–H and O–H groups in total. The number of nitrogens with one attached hydrogen (secondary N) is 1. The first-order valence-corrected chi connectivity index (χ1v) is 6.37. The Hall–Kier alpha value is -0.570. The molecule has 1 aliphatic heterocycles. The second-order valence-electron chi connectivity index (χ2n) is 6.05. The van der Waals surface area contributed by atoms with E-state index in [1.54, 1.807) is 6.92 Å². The summed E-state index contributed by atoms with van der Waals surface area (Å²) in [7, 11) is 0. The average Bonchev–Trinajstić information content (AvgIpc) is 2.16. The molecule has 1 aliphatic rings. The Labute approximate surface area is 99.6 Å². The van der Waals surface area contributed by atoms with E-state index in [1.165, 1.54) is 6.42 Å². The van der Waals surface area contributed by atoms with Gasteiger partial charge in [0.2, 0.25) is 5.91 Å². The minimum Gasteiger partial charge on any atom is -0.343 e. The van der Waals surface area contributed by atoms with Crippen LogP contribution in [0.5, 0.6) is 0 Å². The van der Waals surface area contributed by atoms with Gasteiger partial charge in [-0.05, 0) is 31.2 Å². The van der Waals surface area contributed by atoms with Crippen molar-refractivity contribution in [2.24, 2.45) is 5.41 Å². The monoisotopic (exact) mass is 226 g/mol. The highest BCUT2D eigenvalue weighted by Gasteiger charge is 2.20. The van der Waals surface area contributed by atoms with Crippen LogP contribution in [-0.2, 0) is 4.79 Å².